The van der Waals surface area contributed by atoms with Crippen molar-refractivity contribution in [3.8, 4) is 5.75 Å². The molecule has 0 atom stereocenters. The number of rotatable bonds is 5. The summed E-state index contributed by atoms with van der Waals surface area (Å²) in [5, 5.41) is 2.56. The number of benzene rings is 1. The number of carbonyl (C=O) groups excluding carboxylic acids is 1. The Hall–Kier alpha value is -2.42. The number of hydrogen-bond donors (Lipinski definition) is 1. The third-order valence-electron chi connectivity index (χ3n) is 3.29. The molecular formula is C15H15BrFN3O4. The van der Waals surface area contributed by atoms with Crippen LogP contribution >= 0.6 is 15.9 Å². The van der Waals surface area contributed by atoms with E-state index in [9.17, 15) is 18.8 Å². The molecule has 24 heavy (non-hydrogen) atoms. The Kier molecular flexibility index (Phi) is 5.55. The summed E-state index contributed by atoms with van der Waals surface area (Å²) < 4.78 is 20.1. The molecule has 7 nitrogen and oxygen atoms in total. The van der Waals surface area contributed by atoms with Gasteiger partial charge >= 0.3 is 5.69 Å². The van der Waals surface area contributed by atoms with Gasteiger partial charge in [0.1, 0.15) is 28.3 Å². The van der Waals surface area contributed by atoms with E-state index >= 15 is 0 Å². The summed E-state index contributed by atoms with van der Waals surface area (Å²) in [5.74, 6) is -0.484. The van der Waals surface area contributed by atoms with Gasteiger partial charge in [-0.25, -0.2) is 9.18 Å². The highest BCUT2D eigenvalue weighted by Crippen LogP contribution is 2.11. The SMILES string of the molecule is Cn1c(C(=O)NCCOc2ccc(F)cc2)c(Br)c(=O)n(C)c1=O. The van der Waals surface area contributed by atoms with Gasteiger partial charge < -0.3 is 10.1 Å². The molecule has 0 radical (unpaired) electrons. The number of aromatic nitrogens is 2. The number of hydrogen-bond acceptors (Lipinski definition) is 4. The zero-order valence-electron chi connectivity index (χ0n) is 13.0. The molecule has 1 amide bonds. The Balaban J connectivity index is 2.02. The largest absolute Gasteiger partial charge is 0.492 e. The second-order valence-electron chi connectivity index (χ2n) is 4.93. The summed E-state index contributed by atoms with van der Waals surface area (Å²) >= 11 is 3.05. The minimum absolute atomic E-state index is 0.00375. The van der Waals surface area contributed by atoms with Crippen LogP contribution in [0.4, 0.5) is 4.39 Å². The lowest BCUT2D eigenvalue weighted by atomic mass is 10.3. The van der Waals surface area contributed by atoms with Crippen molar-refractivity contribution in [3.05, 3.63) is 61.1 Å². The van der Waals surface area contributed by atoms with Crippen molar-refractivity contribution < 1.29 is 13.9 Å². The minimum atomic E-state index is -0.601. The summed E-state index contributed by atoms with van der Waals surface area (Å²) in [6, 6.07) is 5.47. The highest BCUT2D eigenvalue weighted by atomic mass is 79.9. The molecule has 1 heterocycles. The normalized spacial score (nSPS) is 10.5. The van der Waals surface area contributed by atoms with Crippen molar-refractivity contribution in [2.24, 2.45) is 14.1 Å². The van der Waals surface area contributed by atoms with E-state index in [2.05, 4.69) is 21.2 Å². The lowest BCUT2D eigenvalue weighted by Crippen LogP contribution is -2.42. The second kappa shape index (κ2) is 7.43. The first kappa shape index (κ1) is 17.9. The summed E-state index contributed by atoms with van der Waals surface area (Å²) in [4.78, 5) is 36.0. The molecule has 2 aromatic rings. The van der Waals surface area contributed by atoms with E-state index in [1.807, 2.05) is 0 Å². The molecule has 2 rings (SSSR count). The van der Waals surface area contributed by atoms with Crippen LogP contribution in [0.5, 0.6) is 5.75 Å². The molecule has 9 heteroatoms. The van der Waals surface area contributed by atoms with E-state index in [0.29, 0.717) is 5.75 Å². The molecule has 128 valence electrons. The molecule has 1 aromatic carbocycles. The first-order valence-corrected chi connectivity index (χ1v) is 7.74. The number of halogens is 2. The van der Waals surface area contributed by atoms with E-state index in [1.54, 1.807) is 0 Å². The Bertz CT molecular complexity index is 837. The van der Waals surface area contributed by atoms with E-state index in [0.717, 1.165) is 9.13 Å². The van der Waals surface area contributed by atoms with Crippen molar-refractivity contribution in [2.45, 2.75) is 0 Å². The van der Waals surface area contributed by atoms with Crippen LogP contribution in [0.3, 0.4) is 0 Å². The fourth-order valence-corrected chi connectivity index (χ4v) is 2.72. The van der Waals surface area contributed by atoms with Crippen LogP contribution in [0.1, 0.15) is 10.5 Å². The highest BCUT2D eigenvalue weighted by molar-refractivity contribution is 9.10. The molecule has 0 fully saturated rings. The van der Waals surface area contributed by atoms with Gasteiger partial charge in [-0.15, -0.1) is 0 Å². The fraction of sp³-hybridized carbons (Fsp3) is 0.267. The van der Waals surface area contributed by atoms with E-state index < -0.39 is 17.2 Å². The van der Waals surface area contributed by atoms with Crippen molar-refractivity contribution in [2.75, 3.05) is 13.2 Å². The van der Waals surface area contributed by atoms with Gasteiger partial charge in [0.15, 0.2) is 0 Å². The molecule has 0 bridgehead atoms. The molecular weight excluding hydrogens is 385 g/mol. The van der Waals surface area contributed by atoms with Crippen LogP contribution in [-0.2, 0) is 14.1 Å². The summed E-state index contributed by atoms with van der Waals surface area (Å²) in [6.07, 6.45) is 0. The van der Waals surface area contributed by atoms with Crippen molar-refractivity contribution in [1.29, 1.82) is 0 Å². The van der Waals surface area contributed by atoms with Gasteiger partial charge in [-0.1, -0.05) is 0 Å². The molecule has 0 unspecified atom stereocenters. The predicted octanol–water partition coefficient (Wildman–Crippen LogP) is 0.794. The summed E-state index contributed by atoms with van der Waals surface area (Å²) in [7, 11) is 2.73. The maximum Gasteiger partial charge on any atom is 0.331 e. The maximum atomic E-state index is 12.8. The smallest absolute Gasteiger partial charge is 0.331 e. The average molecular weight is 400 g/mol. The zero-order valence-corrected chi connectivity index (χ0v) is 14.6. The van der Waals surface area contributed by atoms with Crippen LogP contribution < -0.4 is 21.3 Å². The third kappa shape index (κ3) is 3.73. The average Bonchev–Trinajstić information content (AvgIpc) is 2.57. The van der Waals surface area contributed by atoms with Crippen LogP contribution in [0.25, 0.3) is 0 Å². The van der Waals surface area contributed by atoms with E-state index in [4.69, 9.17) is 4.74 Å². The van der Waals surface area contributed by atoms with Crippen molar-refractivity contribution in [1.82, 2.24) is 14.5 Å². The van der Waals surface area contributed by atoms with Crippen LogP contribution in [0.2, 0.25) is 0 Å². The van der Waals surface area contributed by atoms with Gasteiger partial charge in [-0.3, -0.25) is 18.7 Å². The standard InChI is InChI=1S/C15H15BrFN3O4/c1-19-12(11(16)14(22)20(2)15(19)23)13(21)18-7-8-24-10-5-3-9(17)4-6-10/h3-6H,7-8H2,1-2H3,(H,18,21). The van der Waals surface area contributed by atoms with Gasteiger partial charge in [0, 0.05) is 14.1 Å². The quantitative estimate of drug-likeness (QED) is 0.753. The zero-order chi connectivity index (χ0) is 17.9. The Morgan fingerprint density at radius 2 is 1.83 bits per heavy atom. The van der Waals surface area contributed by atoms with Crippen LogP contribution in [0.15, 0.2) is 38.3 Å². The van der Waals surface area contributed by atoms with Gasteiger partial charge in [0.25, 0.3) is 11.5 Å². The third-order valence-corrected chi connectivity index (χ3v) is 4.01. The highest BCUT2D eigenvalue weighted by Gasteiger charge is 2.19. The van der Waals surface area contributed by atoms with Crippen LogP contribution in [-0.4, -0.2) is 28.2 Å². The van der Waals surface area contributed by atoms with Crippen molar-refractivity contribution in [3.63, 3.8) is 0 Å². The monoisotopic (exact) mass is 399 g/mol. The fourth-order valence-electron chi connectivity index (χ4n) is 2.00. The Morgan fingerprint density at radius 3 is 2.46 bits per heavy atom. The second-order valence-corrected chi connectivity index (χ2v) is 5.72. The minimum Gasteiger partial charge on any atom is -0.492 e. The number of amides is 1. The van der Waals surface area contributed by atoms with Crippen molar-refractivity contribution >= 4 is 21.8 Å². The lowest BCUT2D eigenvalue weighted by molar-refractivity contribution is 0.0935. The Labute approximate surface area is 144 Å². The molecule has 1 aromatic heterocycles. The lowest BCUT2D eigenvalue weighted by Gasteiger charge is -2.12. The van der Waals surface area contributed by atoms with Crippen LogP contribution in [0, 0.1) is 5.82 Å². The molecule has 0 aliphatic heterocycles. The Morgan fingerprint density at radius 1 is 1.21 bits per heavy atom. The number of nitrogens with zero attached hydrogens (tertiary/aromatic N) is 2. The van der Waals surface area contributed by atoms with Gasteiger partial charge in [0.2, 0.25) is 0 Å². The van der Waals surface area contributed by atoms with Gasteiger partial charge in [-0.05, 0) is 40.2 Å². The number of carbonyl (C=O) groups is 1. The molecule has 1 N–H and O–H groups in total. The maximum absolute atomic E-state index is 12.8. The molecule has 0 saturated carbocycles. The summed E-state index contributed by atoms with van der Waals surface area (Å²) in [6.45, 7) is 0.291. The topological polar surface area (TPSA) is 82.3 Å². The molecule has 0 saturated heterocycles. The molecule has 0 spiro atoms. The predicted molar refractivity (Wildman–Crippen MR) is 88.9 cm³/mol. The van der Waals surface area contributed by atoms with E-state index in [1.165, 1.54) is 38.4 Å². The van der Waals surface area contributed by atoms with Gasteiger partial charge in [0.05, 0.1) is 6.54 Å². The number of ether oxygens (including phenoxy) is 1. The number of nitrogens with one attached hydrogen (secondary N) is 1. The first-order chi connectivity index (χ1) is 11.3. The summed E-state index contributed by atoms with van der Waals surface area (Å²) in [5.41, 5.74) is -1.26. The van der Waals surface area contributed by atoms with E-state index in [-0.39, 0.29) is 29.1 Å². The first-order valence-electron chi connectivity index (χ1n) is 6.95. The van der Waals surface area contributed by atoms with Gasteiger partial charge in [-0.2, -0.15) is 0 Å². The molecule has 0 aliphatic carbocycles. The molecule has 0 aliphatic rings.